The van der Waals surface area contributed by atoms with Crippen LogP contribution in [0.1, 0.15) is 12.0 Å². The smallest absolute Gasteiger partial charge is 0.293 e. The Balaban J connectivity index is 0.943. The maximum absolute atomic E-state index is 13.8. The second-order valence-corrected chi connectivity index (χ2v) is 18.3. The van der Waals surface area contributed by atoms with Crippen molar-refractivity contribution in [2.75, 3.05) is 73.2 Å². The number of nitro groups is 1. The number of ether oxygens (including phenoxy) is 1. The molecule has 0 unspecified atom stereocenters. The van der Waals surface area contributed by atoms with E-state index in [2.05, 4.69) is 54.1 Å². The summed E-state index contributed by atoms with van der Waals surface area (Å²) in [4.78, 5) is 40.9. The van der Waals surface area contributed by atoms with E-state index in [-0.39, 0.29) is 28.7 Å². The van der Waals surface area contributed by atoms with E-state index in [1.54, 1.807) is 11.0 Å². The molecule has 62 heavy (non-hydrogen) atoms. The number of carbonyl (C=O) groups excluding carboxylic acids is 1. The Morgan fingerprint density at radius 2 is 1.61 bits per heavy atom. The van der Waals surface area contributed by atoms with Crippen LogP contribution in [0, 0.1) is 10.1 Å². The summed E-state index contributed by atoms with van der Waals surface area (Å²) >= 11 is 7.66. The van der Waals surface area contributed by atoms with Gasteiger partial charge >= 0.3 is 0 Å². The Kier molecular flexibility index (Phi) is 13.5. The number of amides is 1. The third kappa shape index (κ3) is 10.5. The average Bonchev–Trinajstić information content (AvgIpc) is 3.29. The standard InChI is InChI=1S/C45H45ClN8O6S2/c46-34-12-10-32(11-13-34)39-9-5-4-6-33(39)29-51-18-20-52(21-19-51)36-14-16-40-42(27-36)47-31-48-45(40)50-62(58,59)38-15-17-41(43(28-38)54(56)57)49-35(30-61-37-7-2-1-3-8-37)26-44(55)53-22-24-60-25-23-53/h1-17,27-28,31,35,49H,18-26,29-30H2,(H,47,48,50)/t35-/m1/s1. The van der Waals surface area contributed by atoms with E-state index in [0.717, 1.165) is 54.9 Å². The number of benzene rings is 5. The summed E-state index contributed by atoms with van der Waals surface area (Å²) in [5, 5.41) is 16.8. The number of halogens is 1. The molecule has 2 aliphatic rings. The molecule has 0 radical (unpaired) electrons. The van der Waals surface area contributed by atoms with Crippen molar-refractivity contribution in [2.24, 2.45) is 0 Å². The van der Waals surface area contributed by atoms with Crippen LogP contribution >= 0.6 is 23.4 Å². The van der Waals surface area contributed by atoms with Crippen molar-refractivity contribution in [2.45, 2.75) is 28.8 Å². The van der Waals surface area contributed by atoms with Gasteiger partial charge in [-0.05, 0) is 71.3 Å². The summed E-state index contributed by atoms with van der Waals surface area (Å²) in [5.74, 6) is 0.384. The molecule has 1 atom stereocenters. The number of fused-ring (bicyclic) bond motifs is 1. The maximum atomic E-state index is 13.8. The van der Waals surface area contributed by atoms with Gasteiger partial charge in [0.2, 0.25) is 5.91 Å². The Morgan fingerprint density at radius 1 is 0.871 bits per heavy atom. The van der Waals surface area contributed by atoms with Crippen molar-refractivity contribution in [3.8, 4) is 11.1 Å². The fraction of sp³-hybridized carbons (Fsp3) is 0.267. The summed E-state index contributed by atoms with van der Waals surface area (Å²) in [7, 11) is -4.34. The molecule has 320 valence electrons. The molecule has 2 saturated heterocycles. The Morgan fingerprint density at radius 3 is 2.37 bits per heavy atom. The van der Waals surface area contributed by atoms with E-state index in [9.17, 15) is 23.3 Å². The van der Waals surface area contributed by atoms with Crippen molar-refractivity contribution in [1.82, 2.24) is 19.8 Å². The summed E-state index contributed by atoms with van der Waals surface area (Å²) < 4.78 is 35.6. The van der Waals surface area contributed by atoms with Crippen molar-refractivity contribution in [3.63, 3.8) is 0 Å². The zero-order chi connectivity index (χ0) is 43.1. The third-order valence-electron chi connectivity index (χ3n) is 11.0. The number of thioether (sulfide) groups is 1. The number of piperazine rings is 1. The monoisotopic (exact) mass is 892 g/mol. The number of hydrogen-bond donors (Lipinski definition) is 2. The highest BCUT2D eigenvalue weighted by molar-refractivity contribution is 7.99. The van der Waals surface area contributed by atoms with Crippen molar-refractivity contribution in [3.05, 3.63) is 142 Å². The van der Waals surface area contributed by atoms with E-state index >= 15 is 0 Å². The van der Waals surface area contributed by atoms with Gasteiger partial charge in [-0.1, -0.05) is 66.2 Å². The van der Waals surface area contributed by atoms with Crippen LogP contribution in [-0.4, -0.2) is 103 Å². The lowest BCUT2D eigenvalue weighted by Crippen LogP contribution is -2.46. The first-order valence-electron chi connectivity index (χ1n) is 20.3. The predicted molar refractivity (Wildman–Crippen MR) is 244 cm³/mol. The van der Waals surface area contributed by atoms with E-state index < -0.39 is 26.7 Å². The van der Waals surface area contributed by atoms with Gasteiger partial charge in [0.15, 0.2) is 5.82 Å². The minimum atomic E-state index is -4.34. The predicted octanol–water partition coefficient (Wildman–Crippen LogP) is 7.80. The number of morpholine rings is 1. The van der Waals surface area contributed by atoms with Crippen molar-refractivity contribution < 1.29 is 22.9 Å². The highest BCUT2D eigenvalue weighted by atomic mass is 35.5. The van der Waals surface area contributed by atoms with Crippen LogP contribution in [0.15, 0.2) is 131 Å². The van der Waals surface area contributed by atoms with Crippen LogP contribution in [0.2, 0.25) is 5.02 Å². The van der Waals surface area contributed by atoms with E-state index in [1.165, 1.54) is 41.3 Å². The minimum absolute atomic E-state index is 0.0511. The molecule has 0 aliphatic carbocycles. The fourth-order valence-corrected chi connectivity index (χ4v) is 9.79. The van der Waals surface area contributed by atoms with E-state index in [1.807, 2.05) is 66.7 Å². The van der Waals surface area contributed by atoms with Gasteiger partial charge in [0.25, 0.3) is 15.7 Å². The Labute approximate surface area is 369 Å². The van der Waals surface area contributed by atoms with Crippen LogP contribution in [0.5, 0.6) is 0 Å². The molecular formula is C45H45ClN8O6S2. The van der Waals surface area contributed by atoms with Gasteiger partial charge in [0, 0.05) is 91.1 Å². The molecule has 2 fully saturated rings. The number of nitrogens with one attached hydrogen (secondary N) is 2. The van der Waals surface area contributed by atoms with Gasteiger partial charge in [0.1, 0.15) is 12.0 Å². The van der Waals surface area contributed by atoms with Gasteiger partial charge in [-0.25, -0.2) is 18.4 Å². The summed E-state index contributed by atoms with van der Waals surface area (Å²) in [6, 6.07) is 34.8. The first-order chi connectivity index (χ1) is 30.1. The molecule has 3 heterocycles. The Hall–Kier alpha value is -5.78. The molecule has 1 amide bonds. The lowest BCUT2D eigenvalue weighted by Gasteiger charge is -2.36. The molecule has 6 aromatic rings. The number of hydrogen-bond acceptors (Lipinski definition) is 12. The highest BCUT2D eigenvalue weighted by Gasteiger charge is 2.27. The zero-order valence-corrected chi connectivity index (χ0v) is 36.1. The molecule has 14 nitrogen and oxygen atoms in total. The number of nitrogens with zero attached hydrogens (tertiary/aromatic N) is 6. The minimum Gasteiger partial charge on any atom is -0.378 e. The van der Waals surface area contributed by atoms with Gasteiger partial charge in [-0.15, -0.1) is 11.8 Å². The molecule has 8 rings (SSSR count). The lowest BCUT2D eigenvalue weighted by atomic mass is 9.99. The second kappa shape index (κ2) is 19.5. The molecule has 0 bridgehead atoms. The molecule has 2 N–H and O–H groups in total. The largest absolute Gasteiger partial charge is 0.378 e. The number of carbonyl (C=O) groups is 1. The number of anilines is 3. The van der Waals surface area contributed by atoms with Crippen molar-refractivity contribution >= 4 is 73.1 Å². The molecular weight excluding hydrogens is 848 g/mol. The zero-order valence-electron chi connectivity index (χ0n) is 33.7. The van der Waals surface area contributed by atoms with Crippen LogP contribution in [-0.2, 0) is 26.1 Å². The number of rotatable bonds is 15. The maximum Gasteiger partial charge on any atom is 0.293 e. The molecule has 0 saturated carbocycles. The van der Waals surface area contributed by atoms with Crippen LogP contribution < -0.4 is 14.9 Å². The van der Waals surface area contributed by atoms with Gasteiger partial charge in [-0.3, -0.25) is 24.5 Å². The quantitative estimate of drug-likeness (QED) is 0.0585. The fourth-order valence-electron chi connectivity index (χ4n) is 7.67. The number of aromatic nitrogens is 2. The number of sulfonamides is 1. The molecule has 1 aromatic heterocycles. The number of nitro benzene ring substituents is 1. The Bertz CT molecular complexity index is 2650. The van der Waals surface area contributed by atoms with E-state index in [0.29, 0.717) is 48.0 Å². The summed E-state index contributed by atoms with van der Waals surface area (Å²) in [5.41, 5.74) is 4.73. The van der Waals surface area contributed by atoms with Crippen LogP contribution in [0.3, 0.4) is 0 Å². The normalized spacial score (nSPS) is 15.3. The topological polar surface area (TPSA) is 163 Å². The van der Waals surface area contributed by atoms with Gasteiger partial charge < -0.3 is 19.9 Å². The molecule has 0 spiro atoms. The lowest BCUT2D eigenvalue weighted by molar-refractivity contribution is -0.384. The van der Waals surface area contributed by atoms with Gasteiger partial charge in [0.05, 0.1) is 28.5 Å². The molecule has 17 heteroatoms. The SMILES string of the molecule is O=C(C[C@H](CSc1ccccc1)Nc1ccc(S(=O)(=O)Nc2ncnc3cc(N4CCN(Cc5ccccc5-c5ccc(Cl)cc5)CC4)ccc23)cc1[N+](=O)[O-])N1CCOCC1. The molecule has 2 aliphatic heterocycles. The van der Waals surface area contributed by atoms with Crippen molar-refractivity contribution in [1.29, 1.82) is 0 Å². The van der Waals surface area contributed by atoms with E-state index in [4.69, 9.17) is 16.3 Å². The third-order valence-corrected chi connectivity index (χ3v) is 13.7. The first-order valence-corrected chi connectivity index (χ1v) is 23.1. The van der Waals surface area contributed by atoms with Crippen LogP contribution in [0.25, 0.3) is 22.0 Å². The van der Waals surface area contributed by atoms with Gasteiger partial charge in [-0.2, -0.15) is 0 Å². The summed E-state index contributed by atoms with van der Waals surface area (Å²) in [6.45, 7) is 5.94. The average molecular weight is 893 g/mol. The highest BCUT2D eigenvalue weighted by Crippen LogP contribution is 2.33. The van der Waals surface area contributed by atoms with Crippen LogP contribution in [0.4, 0.5) is 22.9 Å². The second-order valence-electron chi connectivity index (χ2n) is 15.1. The molecule has 5 aromatic carbocycles. The summed E-state index contributed by atoms with van der Waals surface area (Å²) in [6.07, 6.45) is 1.37. The first kappa shape index (κ1) is 42.9.